The molecule has 3 nitrogen and oxygen atoms in total. The van der Waals surface area contributed by atoms with Crippen molar-refractivity contribution >= 4 is 0 Å². The highest BCUT2D eigenvalue weighted by Gasteiger charge is 2.08. The van der Waals surface area contributed by atoms with Crippen LogP contribution >= 0.6 is 0 Å². The molecular formula is C12H16N2O. The van der Waals surface area contributed by atoms with Crippen LogP contribution in [0.1, 0.15) is 31.9 Å². The van der Waals surface area contributed by atoms with Gasteiger partial charge in [-0.25, -0.2) is 0 Å². The van der Waals surface area contributed by atoms with Gasteiger partial charge in [0.25, 0.3) is 0 Å². The minimum atomic E-state index is -0.0490. The number of nitriles is 1. The van der Waals surface area contributed by atoms with Gasteiger partial charge in [-0.1, -0.05) is 12.1 Å². The van der Waals surface area contributed by atoms with Gasteiger partial charge < -0.3 is 0 Å². The molecule has 1 aromatic carbocycles. The molecule has 0 unspecified atom stereocenters. The highest BCUT2D eigenvalue weighted by atomic mass is 16.6. The average Bonchev–Trinajstić information content (AvgIpc) is 2.17. The van der Waals surface area contributed by atoms with Gasteiger partial charge in [0.15, 0.2) is 0 Å². The molecule has 0 aliphatic heterocycles. The lowest BCUT2D eigenvalue weighted by atomic mass is 10.1. The van der Waals surface area contributed by atoms with Gasteiger partial charge in [0, 0.05) is 5.54 Å². The number of hydroxylamine groups is 1. The van der Waals surface area contributed by atoms with Gasteiger partial charge in [-0.2, -0.15) is 10.7 Å². The summed E-state index contributed by atoms with van der Waals surface area (Å²) < 4.78 is 0. The van der Waals surface area contributed by atoms with E-state index >= 15 is 0 Å². The summed E-state index contributed by atoms with van der Waals surface area (Å²) in [6.45, 7) is 6.60. The first-order valence-corrected chi connectivity index (χ1v) is 4.89. The van der Waals surface area contributed by atoms with Gasteiger partial charge in [0.1, 0.15) is 0 Å². The molecule has 80 valence electrons. The van der Waals surface area contributed by atoms with E-state index in [0.717, 1.165) is 5.56 Å². The quantitative estimate of drug-likeness (QED) is 0.769. The van der Waals surface area contributed by atoms with Crippen LogP contribution in [0.2, 0.25) is 0 Å². The van der Waals surface area contributed by atoms with Crippen LogP contribution < -0.4 is 5.48 Å². The van der Waals surface area contributed by atoms with Gasteiger partial charge in [-0.3, -0.25) is 4.84 Å². The van der Waals surface area contributed by atoms with Crippen molar-refractivity contribution in [3.63, 3.8) is 0 Å². The van der Waals surface area contributed by atoms with E-state index in [0.29, 0.717) is 12.2 Å². The Labute approximate surface area is 90.6 Å². The van der Waals surface area contributed by atoms with Crippen molar-refractivity contribution in [2.45, 2.75) is 32.9 Å². The fourth-order valence-corrected chi connectivity index (χ4v) is 1.01. The monoisotopic (exact) mass is 204 g/mol. The van der Waals surface area contributed by atoms with E-state index in [-0.39, 0.29) is 5.54 Å². The van der Waals surface area contributed by atoms with Crippen LogP contribution in [0.15, 0.2) is 24.3 Å². The van der Waals surface area contributed by atoms with Crippen LogP contribution in [-0.4, -0.2) is 5.54 Å². The van der Waals surface area contributed by atoms with Crippen molar-refractivity contribution in [2.24, 2.45) is 0 Å². The summed E-state index contributed by atoms with van der Waals surface area (Å²) in [4.78, 5) is 5.32. The third-order valence-corrected chi connectivity index (χ3v) is 1.70. The number of hydrogen-bond acceptors (Lipinski definition) is 3. The van der Waals surface area contributed by atoms with Gasteiger partial charge in [-0.15, -0.1) is 0 Å². The molecule has 0 saturated carbocycles. The summed E-state index contributed by atoms with van der Waals surface area (Å²) in [5, 5.41) is 8.62. The minimum absolute atomic E-state index is 0.0490. The lowest BCUT2D eigenvalue weighted by molar-refractivity contribution is -0.0174. The first-order chi connectivity index (χ1) is 7.01. The Morgan fingerprint density at radius 1 is 1.27 bits per heavy atom. The fourth-order valence-electron chi connectivity index (χ4n) is 1.01. The molecule has 0 saturated heterocycles. The van der Waals surface area contributed by atoms with Crippen LogP contribution in [0.4, 0.5) is 0 Å². The van der Waals surface area contributed by atoms with E-state index in [9.17, 15) is 0 Å². The SMILES string of the molecule is CC(C)(C)NOCc1ccc(C#N)cc1. The Morgan fingerprint density at radius 2 is 1.87 bits per heavy atom. The third kappa shape index (κ3) is 4.59. The zero-order valence-electron chi connectivity index (χ0n) is 9.37. The summed E-state index contributed by atoms with van der Waals surface area (Å²) >= 11 is 0. The fraction of sp³-hybridized carbons (Fsp3) is 0.417. The van der Waals surface area contributed by atoms with Gasteiger partial charge in [-0.05, 0) is 38.5 Å². The van der Waals surface area contributed by atoms with Gasteiger partial charge in [0.2, 0.25) is 0 Å². The molecule has 0 aromatic heterocycles. The third-order valence-electron chi connectivity index (χ3n) is 1.70. The zero-order valence-corrected chi connectivity index (χ0v) is 9.37. The molecule has 0 radical (unpaired) electrons. The van der Waals surface area contributed by atoms with Crippen molar-refractivity contribution in [2.75, 3.05) is 0 Å². The molecule has 1 rings (SSSR count). The number of hydrogen-bond donors (Lipinski definition) is 1. The Balaban J connectivity index is 2.42. The van der Waals surface area contributed by atoms with Crippen LogP contribution in [0.5, 0.6) is 0 Å². The Morgan fingerprint density at radius 3 is 2.33 bits per heavy atom. The largest absolute Gasteiger partial charge is 0.297 e. The first-order valence-electron chi connectivity index (χ1n) is 4.89. The van der Waals surface area contributed by atoms with E-state index in [4.69, 9.17) is 10.1 Å². The van der Waals surface area contributed by atoms with E-state index in [1.807, 2.05) is 32.9 Å². The van der Waals surface area contributed by atoms with Crippen molar-refractivity contribution in [1.29, 1.82) is 5.26 Å². The molecule has 0 amide bonds. The molecule has 1 aromatic rings. The standard InChI is InChI=1S/C12H16N2O/c1-12(2,3)14-15-9-11-6-4-10(8-13)5-7-11/h4-7,14H,9H2,1-3H3. The Kier molecular flexibility index (Phi) is 3.84. The lowest BCUT2D eigenvalue weighted by Gasteiger charge is -2.19. The number of benzene rings is 1. The maximum atomic E-state index is 8.62. The maximum Gasteiger partial charge on any atom is 0.0991 e. The van der Waals surface area contributed by atoms with Crippen molar-refractivity contribution < 1.29 is 4.84 Å². The predicted molar refractivity (Wildman–Crippen MR) is 58.8 cm³/mol. The first kappa shape index (κ1) is 11.7. The summed E-state index contributed by atoms with van der Waals surface area (Å²) in [6, 6.07) is 9.44. The van der Waals surface area contributed by atoms with E-state index in [1.165, 1.54) is 0 Å². The second kappa shape index (κ2) is 4.92. The van der Waals surface area contributed by atoms with E-state index in [2.05, 4.69) is 11.5 Å². The molecule has 0 atom stereocenters. The summed E-state index contributed by atoms with van der Waals surface area (Å²) in [5.74, 6) is 0. The van der Waals surface area contributed by atoms with Gasteiger partial charge in [0.05, 0.1) is 18.2 Å². The smallest absolute Gasteiger partial charge is 0.0991 e. The van der Waals surface area contributed by atoms with Crippen LogP contribution in [0.25, 0.3) is 0 Å². The molecule has 1 N–H and O–H groups in total. The predicted octanol–water partition coefficient (Wildman–Crippen LogP) is 2.38. The molecule has 0 bridgehead atoms. The van der Waals surface area contributed by atoms with E-state index in [1.54, 1.807) is 12.1 Å². The van der Waals surface area contributed by atoms with Gasteiger partial charge >= 0.3 is 0 Å². The lowest BCUT2D eigenvalue weighted by Crippen LogP contribution is -2.35. The van der Waals surface area contributed by atoms with Crippen LogP contribution in [-0.2, 0) is 11.4 Å². The molecule has 0 aliphatic rings. The number of nitrogens with zero attached hydrogens (tertiary/aromatic N) is 1. The molecular weight excluding hydrogens is 188 g/mol. The van der Waals surface area contributed by atoms with Crippen LogP contribution in [0.3, 0.4) is 0 Å². The summed E-state index contributed by atoms with van der Waals surface area (Å²) in [6.07, 6.45) is 0. The second-order valence-electron chi connectivity index (χ2n) is 4.45. The molecule has 3 heteroatoms. The minimum Gasteiger partial charge on any atom is -0.297 e. The number of nitrogens with one attached hydrogen (secondary N) is 1. The normalized spacial score (nSPS) is 11.1. The molecule has 0 fully saturated rings. The molecule has 15 heavy (non-hydrogen) atoms. The summed E-state index contributed by atoms with van der Waals surface area (Å²) in [7, 11) is 0. The number of rotatable bonds is 3. The second-order valence-corrected chi connectivity index (χ2v) is 4.45. The molecule has 0 spiro atoms. The van der Waals surface area contributed by atoms with Crippen molar-refractivity contribution in [3.05, 3.63) is 35.4 Å². The van der Waals surface area contributed by atoms with E-state index < -0.39 is 0 Å². The molecule has 0 heterocycles. The molecule has 0 aliphatic carbocycles. The Bertz CT molecular complexity index is 343. The topological polar surface area (TPSA) is 45.0 Å². The van der Waals surface area contributed by atoms with Crippen molar-refractivity contribution in [3.8, 4) is 6.07 Å². The Hall–Kier alpha value is -1.37. The van der Waals surface area contributed by atoms with Crippen molar-refractivity contribution in [1.82, 2.24) is 5.48 Å². The summed E-state index contributed by atoms with van der Waals surface area (Å²) in [5.41, 5.74) is 4.60. The maximum absolute atomic E-state index is 8.62. The van der Waals surface area contributed by atoms with Crippen LogP contribution in [0, 0.1) is 11.3 Å². The average molecular weight is 204 g/mol. The highest BCUT2D eigenvalue weighted by Crippen LogP contribution is 2.05. The highest BCUT2D eigenvalue weighted by molar-refractivity contribution is 5.31. The zero-order chi connectivity index (χ0) is 11.3.